The molecule has 2 aromatic carbocycles. The van der Waals surface area contributed by atoms with Gasteiger partial charge in [0.05, 0.1) is 35.9 Å². The molecule has 0 unspecified atom stereocenters. The van der Waals surface area contributed by atoms with Gasteiger partial charge >= 0.3 is 11.9 Å². The average molecular weight is 450 g/mol. The van der Waals surface area contributed by atoms with Gasteiger partial charge in [0.1, 0.15) is 5.75 Å². The zero-order valence-electron chi connectivity index (χ0n) is 17.4. The molecule has 1 N–H and O–H groups in total. The van der Waals surface area contributed by atoms with Gasteiger partial charge in [-0.3, -0.25) is 9.52 Å². The Hall–Kier alpha value is -3.60. The molecule has 166 valence electrons. The van der Waals surface area contributed by atoms with Crippen LogP contribution in [0, 0.1) is 0 Å². The first-order valence-electron chi connectivity index (χ1n) is 8.85. The summed E-state index contributed by atoms with van der Waals surface area (Å²) in [5.41, 5.74) is -0.0879. The van der Waals surface area contributed by atoms with E-state index in [-0.39, 0.29) is 34.2 Å². The number of amides is 1. The lowest BCUT2D eigenvalue weighted by atomic mass is 10.1. The van der Waals surface area contributed by atoms with Crippen molar-refractivity contribution in [1.29, 1.82) is 0 Å². The summed E-state index contributed by atoms with van der Waals surface area (Å²) in [6.07, 6.45) is 0. The van der Waals surface area contributed by atoms with Crippen LogP contribution >= 0.6 is 0 Å². The molecule has 1 amide bonds. The Morgan fingerprint density at radius 1 is 0.903 bits per heavy atom. The first-order chi connectivity index (χ1) is 14.6. The van der Waals surface area contributed by atoms with Gasteiger partial charge in [-0.2, -0.15) is 0 Å². The van der Waals surface area contributed by atoms with Gasteiger partial charge in [-0.1, -0.05) is 0 Å². The maximum atomic E-state index is 12.7. The van der Waals surface area contributed by atoms with Crippen molar-refractivity contribution in [1.82, 2.24) is 4.90 Å². The molecule has 0 radical (unpaired) electrons. The topological polar surface area (TPSA) is 128 Å². The largest absolute Gasteiger partial charge is 0.484 e. The number of methoxy groups -OCH3 is 2. The number of anilines is 1. The summed E-state index contributed by atoms with van der Waals surface area (Å²) in [5, 5.41) is 0. The summed E-state index contributed by atoms with van der Waals surface area (Å²) in [5.74, 6) is -1.43. The molecule has 0 bridgehead atoms. The quantitative estimate of drug-likeness (QED) is 0.600. The fourth-order valence-electron chi connectivity index (χ4n) is 2.36. The van der Waals surface area contributed by atoms with E-state index in [1.165, 1.54) is 47.4 Å². The zero-order chi connectivity index (χ0) is 23.2. The molecule has 2 rings (SSSR count). The minimum Gasteiger partial charge on any atom is -0.484 e. The summed E-state index contributed by atoms with van der Waals surface area (Å²) in [6.45, 7) is -0.187. The molecule has 0 aliphatic rings. The highest BCUT2D eigenvalue weighted by molar-refractivity contribution is 7.92. The maximum Gasteiger partial charge on any atom is 0.337 e. The van der Waals surface area contributed by atoms with Crippen LogP contribution in [0.5, 0.6) is 5.75 Å². The molecule has 2 aromatic rings. The van der Waals surface area contributed by atoms with Crippen molar-refractivity contribution in [3.63, 3.8) is 0 Å². The second kappa shape index (κ2) is 9.94. The number of esters is 2. The number of ether oxygens (including phenoxy) is 3. The van der Waals surface area contributed by atoms with E-state index in [0.29, 0.717) is 5.75 Å². The van der Waals surface area contributed by atoms with Crippen LogP contribution in [0.3, 0.4) is 0 Å². The first-order valence-corrected chi connectivity index (χ1v) is 10.3. The van der Waals surface area contributed by atoms with Crippen LogP contribution in [0.15, 0.2) is 47.4 Å². The molecule has 11 heteroatoms. The zero-order valence-corrected chi connectivity index (χ0v) is 18.2. The van der Waals surface area contributed by atoms with Crippen molar-refractivity contribution in [2.24, 2.45) is 0 Å². The van der Waals surface area contributed by atoms with E-state index in [2.05, 4.69) is 14.2 Å². The third kappa shape index (κ3) is 6.19. The number of carbonyl (C=O) groups is 3. The van der Waals surface area contributed by atoms with Crippen molar-refractivity contribution in [3.8, 4) is 5.75 Å². The molecule has 0 heterocycles. The molecule has 0 aliphatic heterocycles. The van der Waals surface area contributed by atoms with Gasteiger partial charge in [0.15, 0.2) is 6.61 Å². The average Bonchev–Trinajstić information content (AvgIpc) is 2.75. The highest BCUT2D eigenvalue weighted by atomic mass is 32.2. The van der Waals surface area contributed by atoms with Crippen molar-refractivity contribution >= 4 is 33.6 Å². The van der Waals surface area contributed by atoms with Crippen LogP contribution in [-0.4, -0.2) is 66.1 Å². The third-order valence-electron chi connectivity index (χ3n) is 4.02. The summed E-state index contributed by atoms with van der Waals surface area (Å²) >= 11 is 0. The van der Waals surface area contributed by atoms with E-state index in [1.807, 2.05) is 0 Å². The lowest BCUT2D eigenvalue weighted by Crippen LogP contribution is -2.27. The third-order valence-corrected chi connectivity index (χ3v) is 5.42. The summed E-state index contributed by atoms with van der Waals surface area (Å²) < 4.78 is 42.3. The van der Waals surface area contributed by atoms with Crippen LogP contribution in [0.4, 0.5) is 5.69 Å². The fourth-order valence-corrected chi connectivity index (χ4v) is 3.40. The van der Waals surface area contributed by atoms with Crippen molar-refractivity contribution in [3.05, 3.63) is 53.6 Å². The number of carbonyl (C=O) groups excluding carboxylic acids is 3. The minimum absolute atomic E-state index is 0.0276. The molecule has 0 saturated carbocycles. The number of hydrogen-bond donors (Lipinski definition) is 1. The number of likely N-dealkylation sites (N-methyl/N-ethyl adjacent to an activating group) is 1. The molecule has 0 aromatic heterocycles. The van der Waals surface area contributed by atoms with Gasteiger partial charge < -0.3 is 19.1 Å². The number of sulfonamides is 1. The normalized spacial score (nSPS) is 10.7. The Morgan fingerprint density at radius 3 is 1.87 bits per heavy atom. The highest BCUT2D eigenvalue weighted by Crippen LogP contribution is 2.22. The number of rotatable bonds is 8. The fraction of sp³-hybridized carbons (Fsp3) is 0.250. The van der Waals surface area contributed by atoms with Gasteiger partial charge in [0.2, 0.25) is 0 Å². The molecule has 10 nitrogen and oxygen atoms in total. The van der Waals surface area contributed by atoms with Gasteiger partial charge in [0.25, 0.3) is 15.9 Å². The van der Waals surface area contributed by atoms with E-state index in [4.69, 9.17) is 4.74 Å². The van der Waals surface area contributed by atoms with Gasteiger partial charge in [0, 0.05) is 14.1 Å². The Labute approximate surface area is 179 Å². The van der Waals surface area contributed by atoms with Crippen LogP contribution < -0.4 is 9.46 Å². The smallest absolute Gasteiger partial charge is 0.337 e. The van der Waals surface area contributed by atoms with Crippen molar-refractivity contribution < 1.29 is 37.0 Å². The van der Waals surface area contributed by atoms with E-state index in [0.717, 1.165) is 14.2 Å². The van der Waals surface area contributed by atoms with Crippen LogP contribution in [0.2, 0.25) is 0 Å². The summed E-state index contributed by atoms with van der Waals surface area (Å²) in [4.78, 5) is 36.6. The molecule has 0 fully saturated rings. The van der Waals surface area contributed by atoms with Gasteiger partial charge in [-0.05, 0) is 42.5 Å². The van der Waals surface area contributed by atoms with Crippen LogP contribution in [0.1, 0.15) is 20.7 Å². The number of hydrogen-bond acceptors (Lipinski definition) is 8. The lowest BCUT2D eigenvalue weighted by Gasteiger charge is -2.13. The van der Waals surface area contributed by atoms with E-state index >= 15 is 0 Å². The van der Waals surface area contributed by atoms with Crippen molar-refractivity contribution in [2.45, 2.75) is 4.90 Å². The van der Waals surface area contributed by atoms with E-state index in [9.17, 15) is 22.8 Å². The highest BCUT2D eigenvalue weighted by Gasteiger charge is 2.19. The van der Waals surface area contributed by atoms with Crippen molar-refractivity contribution in [2.75, 3.05) is 39.6 Å². The maximum absolute atomic E-state index is 12.7. The molecule has 0 saturated heterocycles. The van der Waals surface area contributed by atoms with Gasteiger partial charge in [-0.25, -0.2) is 18.0 Å². The Kier molecular flexibility index (Phi) is 7.59. The standard InChI is InChI=1S/C20H22N2O8S/c1-22(2)18(23)12-30-16-5-7-17(8-6-16)31(26,27)21-15-10-13(19(24)28-3)9-14(11-15)20(25)29-4/h5-11,21H,12H2,1-4H3. The minimum atomic E-state index is -4.06. The SMILES string of the molecule is COC(=O)c1cc(NS(=O)(=O)c2ccc(OCC(=O)N(C)C)cc2)cc(C(=O)OC)c1. The van der Waals surface area contributed by atoms with E-state index < -0.39 is 22.0 Å². The Balaban J connectivity index is 2.26. The van der Waals surface area contributed by atoms with Crippen LogP contribution in [0.25, 0.3) is 0 Å². The number of nitrogens with zero attached hydrogens (tertiary/aromatic N) is 1. The summed E-state index contributed by atoms with van der Waals surface area (Å²) in [6, 6.07) is 9.10. The molecule has 0 atom stereocenters. The molecular weight excluding hydrogens is 428 g/mol. The predicted molar refractivity (Wildman–Crippen MR) is 111 cm³/mol. The first kappa shape index (κ1) is 23.7. The summed E-state index contributed by atoms with van der Waals surface area (Å²) in [7, 11) is 1.44. The van der Waals surface area contributed by atoms with Gasteiger partial charge in [-0.15, -0.1) is 0 Å². The Bertz CT molecular complexity index is 1040. The molecule has 31 heavy (non-hydrogen) atoms. The second-order valence-corrected chi connectivity index (χ2v) is 8.12. The monoisotopic (exact) mass is 450 g/mol. The van der Waals surface area contributed by atoms with Crippen LogP contribution in [-0.2, 0) is 24.3 Å². The van der Waals surface area contributed by atoms with E-state index in [1.54, 1.807) is 14.1 Å². The lowest BCUT2D eigenvalue weighted by molar-refractivity contribution is -0.130. The Morgan fingerprint density at radius 2 is 1.42 bits per heavy atom. The second-order valence-electron chi connectivity index (χ2n) is 6.44. The number of nitrogens with one attached hydrogen (secondary N) is 1. The molecular formula is C20H22N2O8S. The molecule has 0 aliphatic carbocycles. The molecule has 0 spiro atoms. The number of benzene rings is 2. The predicted octanol–water partition coefficient (Wildman–Crippen LogP) is 1.53.